The van der Waals surface area contributed by atoms with E-state index in [0.717, 1.165) is 25.7 Å². The summed E-state index contributed by atoms with van der Waals surface area (Å²) in [5.74, 6) is -0.169. The molecule has 7 heteroatoms. The first-order chi connectivity index (χ1) is 14.0. The number of halogens is 3. The Morgan fingerprint density at radius 3 is 2.52 bits per heavy atom. The van der Waals surface area contributed by atoms with Crippen LogP contribution in [0.2, 0.25) is 0 Å². The Hall–Kier alpha value is -2.17. The normalized spacial score (nSPS) is 14.5. The zero-order valence-electron chi connectivity index (χ0n) is 15.6. The number of hydrogen-bond donors (Lipinski definition) is 1. The van der Waals surface area contributed by atoms with E-state index in [-0.39, 0.29) is 29.9 Å². The van der Waals surface area contributed by atoms with Crippen molar-refractivity contribution in [2.24, 2.45) is 0 Å². The van der Waals surface area contributed by atoms with Crippen LogP contribution in [0, 0.1) is 17.1 Å². The van der Waals surface area contributed by atoms with Crippen LogP contribution in [0.1, 0.15) is 36.8 Å². The number of carbonyl (C=O) groups is 1. The van der Waals surface area contributed by atoms with Crippen LogP contribution in [0.3, 0.4) is 0 Å². The van der Waals surface area contributed by atoms with Crippen molar-refractivity contribution >= 4 is 43.8 Å². The molecule has 2 aromatic carbocycles. The van der Waals surface area contributed by atoms with Crippen LogP contribution in [0.15, 0.2) is 50.9 Å². The number of hydrogen-bond acceptors (Lipinski definition) is 3. The third-order valence-electron chi connectivity index (χ3n) is 4.72. The number of nitrogens with one attached hydrogen (secondary N) is 1. The van der Waals surface area contributed by atoms with Crippen LogP contribution in [-0.4, -0.2) is 11.9 Å². The largest absolute Gasteiger partial charge is 0.486 e. The Labute approximate surface area is 186 Å². The van der Waals surface area contributed by atoms with Crippen LogP contribution in [0.5, 0.6) is 5.75 Å². The second-order valence-corrected chi connectivity index (χ2v) is 8.53. The van der Waals surface area contributed by atoms with E-state index < -0.39 is 0 Å². The fourth-order valence-electron chi connectivity index (χ4n) is 3.21. The van der Waals surface area contributed by atoms with Crippen molar-refractivity contribution in [2.45, 2.75) is 38.3 Å². The van der Waals surface area contributed by atoms with Gasteiger partial charge in [-0.25, -0.2) is 4.39 Å². The highest BCUT2D eigenvalue weighted by Crippen LogP contribution is 2.36. The van der Waals surface area contributed by atoms with Crippen LogP contribution >= 0.6 is 31.9 Å². The number of benzene rings is 2. The first-order valence-electron chi connectivity index (χ1n) is 9.26. The molecule has 0 aromatic heterocycles. The molecule has 0 atom stereocenters. The van der Waals surface area contributed by atoms with Gasteiger partial charge in [0.25, 0.3) is 5.91 Å². The molecule has 1 N–H and O–H groups in total. The van der Waals surface area contributed by atoms with Gasteiger partial charge in [-0.2, -0.15) is 5.26 Å². The molecule has 1 aliphatic carbocycles. The van der Waals surface area contributed by atoms with Gasteiger partial charge < -0.3 is 10.1 Å². The van der Waals surface area contributed by atoms with E-state index in [9.17, 15) is 14.4 Å². The average molecular weight is 522 g/mol. The van der Waals surface area contributed by atoms with Crippen molar-refractivity contribution in [1.82, 2.24) is 5.32 Å². The Balaban J connectivity index is 1.75. The van der Waals surface area contributed by atoms with Gasteiger partial charge in [0.05, 0.1) is 8.95 Å². The average Bonchev–Trinajstić information content (AvgIpc) is 3.19. The molecule has 1 aliphatic rings. The molecule has 0 saturated heterocycles. The van der Waals surface area contributed by atoms with Gasteiger partial charge in [-0.05, 0) is 74.5 Å². The summed E-state index contributed by atoms with van der Waals surface area (Å²) < 4.78 is 20.8. The van der Waals surface area contributed by atoms with E-state index in [4.69, 9.17) is 4.74 Å². The Morgan fingerprint density at radius 1 is 1.24 bits per heavy atom. The van der Waals surface area contributed by atoms with Crippen LogP contribution in [0.25, 0.3) is 6.08 Å². The first-order valence-corrected chi connectivity index (χ1v) is 10.8. The molecule has 0 spiro atoms. The minimum absolute atomic E-state index is 0.0516. The third-order valence-corrected chi connectivity index (χ3v) is 5.90. The molecule has 1 fully saturated rings. The molecule has 0 unspecified atom stereocenters. The highest BCUT2D eigenvalue weighted by atomic mass is 79.9. The molecule has 0 radical (unpaired) electrons. The maximum atomic E-state index is 13.8. The lowest BCUT2D eigenvalue weighted by Crippen LogP contribution is -2.33. The molecule has 2 aromatic rings. The number of ether oxygens (including phenoxy) is 1. The van der Waals surface area contributed by atoms with Crippen LogP contribution in [-0.2, 0) is 11.4 Å². The molecule has 29 heavy (non-hydrogen) atoms. The van der Waals surface area contributed by atoms with Crippen molar-refractivity contribution in [3.8, 4) is 11.8 Å². The van der Waals surface area contributed by atoms with Gasteiger partial charge in [0.1, 0.15) is 29.8 Å². The minimum Gasteiger partial charge on any atom is -0.486 e. The van der Waals surface area contributed by atoms with E-state index in [2.05, 4.69) is 37.2 Å². The number of carbonyl (C=O) groups excluding carboxylic acids is 1. The van der Waals surface area contributed by atoms with Crippen molar-refractivity contribution < 1.29 is 13.9 Å². The predicted molar refractivity (Wildman–Crippen MR) is 117 cm³/mol. The highest BCUT2D eigenvalue weighted by Gasteiger charge is 2.19. The molecule has 4 nitrogen and oxygen atoms in total. The molecule has 1 amide bonds. The molecule has 150 valence electrons. The van der Waals surface area contributed by atoms with E-state index in [1.165, 1.54) is 6.07 Å². The molecular weight excluding hydrogens is 503 g/mol. The fourth-order valence-corrected chi connectivity index (χ4v) is 4.67. The Morgan fingerprint density at radius 2 is 1.90 bits per heavy atom. The minimum atomic E-state index is -0.355. The number of nitriles is 1. The first kappa shape index (κ1) is 21.5. The number of nitrogens with zero attached hydrogens (tertiary/aromatic N) is 1. The van der Waals surface area contributed by atoms with Crippen molar-refractivity contribution in [3.63, 3.8) is 0 Å². The van der Waals surface area contributed by atoms with Crippen molar-refractivity contribution in [1.29, 1.82) is 5.26 Å². The standard InChI is InChI=1S/C22H19Br2FN2O2/c23-18-10-14(9-16(12-26)22(28)27-17-6-2-3-7-17)11-19(24)21(18)29-13-15-5-1-4-8-20(15)25/h1,4-5,8-11,17H,2-3,6-7,13H2,(H,27,28)/b16-9-. The van der Waals surface area contributed by atoms with Crippen molar-refractivity contribution in [2.75, 3.05) is 0 Å². The summed E-state index contributed by atoms with van der Waals surface area (Å²) in [5, 5.41) is 12.3. The van der Waals surface area contributed by atoms with Crippen molar-refractivity contribution in [3.05, 3.63) is 67.9 Å². The summed E-state index contributed by atoms with van der Waals surface area (Å²) in [6.07, 6.45) is 5.65. The van der Waals surface area contributed by atoms with E-state index in [1.807, 2.05) is 6.07 Å². The second-order valence-electron chi connectivity index (χ2n) is 6.82. The quantitative estimate of drug-likeness (QED) is 0.380. The van der Waals surface area contributed by atoms with Gasteiger partial charge in [-0.3, -0.25) is 4.79 Å². The summed E-state index contributed by atoms with van der Waals surface area (Å²) in [4.78, 5) is 12.4. The third kappa shape index (κ3) is 5.68. The Kier molecular flexibility index (Phi) is 7.45. The smallest absolute Gasteiger partial charge is 0.262 e. The summed E-state index contributed by atoms with van der Waals surface area (Å²) in [5.41, 5.74) is 1.17. The number of amides is 1. The monoisotopic (exact) mass is 520 g/mol. The molecule has 0 aliphatic heterocycles. The lowest BCUT2D eigenvalue weighted by atomic mass is 10.1. The highest BCUT2D eigenvalue weighted by molar-refractivity contribution is 9.11. The lowest BCUT2D eigenvalue weighted by molar-refractivity contribution is -0.117. The van der Waals surface area contributed by atoms with Gasteiger partial charge in [-0.1, -0.05) is 31.0 Å². The molecule has 0 bridgehead atoms. The van der Waals surface area contributed by atoms with Gasteiger partial charge in [0.2, 0.25) is 0 Å². The zero-order chi connectivity index (χ0) is 20.8. The second kappa shape index (κ2) is 10.0. The Bertz CT molecular complexity index is 956. The van der Waals surface area contributed by atoms with Crippen LogP contribution < -0.4 is 10.1 Å². The summed E-state index contributed by atoms with van der Waals surface area (Å²) in [7, 11) is 0. The van der Waals surface area contributed by atoms with E-state index in [0.29, 0.717) is 25.8 Å². The zero-order valence-corrected chi connectivity index (χ0v) is 18.7. The van der Waals surface area contributed by atoms with Gasteiger partial charge in [0, 0.05) is 11.6 Å². The maximum absolute atomic E-state index is 13.8. The molecule has 1 saturated carbocycles. The SMILES string of the molecule is N#C/C(=C/c1cc(Br)c(OCc2ccccc2F)c(Br)c1)C(=O)NC1CCCC1. The summed E-state index contributed by atoms with van der Waals surface area (Å²) >= 11 is 6.90. The molecular formula is C22H19Br2FN2O2. The number of rotatable bonds is 6. The fraction of sp³-hybridized carbons (Fsp3) is 0.273. The van der Waals surface area contributed by atoms with Crippen LogP contribution in [0.4, 0.5) is 4.39 Å². The molecule has 0 heterocycles. The topological polar surface area (TPSA) is 62.1 Å². The molecule has 3 rings (SSSR count). The van der Waals surface area contributed by atoms with Gasteiger partial charge in [-0.15, -0.1) is 0 Å². The summed E-state index contributed by atoms with van der Waals surface area (Å²) in [6, 6.07) is 12.0. The lowest BCUT2D eigenvalue weighted by Gasteiger charge is -2.13. The van der Waals surface area contributed by atoms with E-state index >= 15 is 0 Å². The van der Waals surface area contributed by atoms with Gasteiger partial charge >= 0.3 is 0 Å². The predicted octanol–water partition coefficient (Wildman–Crippen LogP) is 5.90. The van der Waals surface area contributed by atoms with Gasteiger partial charge in [0.15, 0.2) is 0 Å². The van der Waals surface area contributed by atoms with E-state index in [1.54, 1.807) is 36.4 Å². The maximum Gasteiger partial charge on any atom is 0.262 e. The summed E-state index contributed by atoms with van der Waals surface area (Å²) in [6.45, 7) is 0.0757.